The largest absolute Gasteiger partial charge is 0.397 e. The Morgan fingerprint density at radius 3 is 2.63 bits per heavy atom. The molecule has 0 aromatic heterocycles. The van der Waals surface area contributed by atoms with Gasteiger partial charge in [0.05, 0.1) is 22.1 Å². The third-order valence-corrected chi connectivity index (χ3v) is 3.30. The molecular formula is C14H14ClN3O. The van der Waals surface area contributed by atoms with Crippen LogP contribution in [0.25, 0.3) is 0 Å². The first kappa shape index (κ1) is 13.2. The van der Waals surface area contributed by atoms with E-state index in [9.17, 15) is 4.79 Å². The fourth-order valence-corrected chi connectivity index (χ4v) is 1.88. The topological polar surface area (TPSA) is 81.1 Å². The van der Waals surface area contributed by atoms with Crippen LogP contribution in [0.15, 0.2) is 36.4 Å². The van der Waals surface area contributed by atoms with Crippen molar-refractivity contribution >= 4 is 34.6 Å². The zero-order valence-electron chi connectivity index (χ0n) is 10.4. The van der Waals surface area contributed by atoms with Crippen LogP contribution >= 0.6 is 11.6 Å². The minimum Gasteiger partial charge on any atom is -0.397 e. The first-order valence-corrected chi connectivity index (χ1v) is 6.08. The van der Waals surface area contributed by atoms with Crippen LogP contribution < -0.4 is 16.8 Å². The number of nitrogens with one attached hydrogen (secondary N) is 1. The number of rotatable bonds is 3. The maximum atomic E-state index is 11.2. The van der Waals surface area contributed by atoms with E-state index in [1.165, 1.54) is 0 Å². The highest BCUT2D eigenvalue weighted by molar-refractivity contribution is 6.34. The van der Waals surface area contributed by atoms with Gasteiger partial charge in [0, 0.05) is 5.56 Å². The minimum atomic E-state index is -0.501. The maximum absolute atomic E-state index is 11.2. The molecule has 19 heavy (non-hydrogen) atoms. The SMILES string of the molecule is Cc1cccc(Nc2cc(C(N)=O)ccc2N)c1Cl. The summed E-state index contributed by atoms with van der Waals surface area (Å²) in [7, 11) is 0. The number of amides is 1. The molecule has 0 saturated heterocycles. The van der Waals surface area contributed by atoms with Crippen LogP contribution in [-0.2, 0) is 0 Å². The molecule has 0 radical (unpaired) electrons. The molecule has 0 unspecified atom stereocenters. The molecule has 2 rings (SSSR count). The number of halogens is 1. The lowest BCUT2D eigenvalue weighted by Crippen LogP contribution is -2.11. The van der Waals surface area contributed by atoms with Gasteiger partial charge in [-0.15, -0.1) is 0 Å². The van der Waals surface area contributed by atoms with Gasteiger partial charge in [0.25, 0.3) is 0 Å². The Balaban J connectivity index is 2.40. The zero-order valence-corrected chi connectivity index (χ0v) is 11.2. The van der Waals surface area contributed by atoms with E-state index in [2.05, 4.69) is 5.32 Å². The van der Waals surface area contributed by atoms with E-state index in [1.807, 2.05) is 25.1 Å². The smallest absolute Gasteiger partial charge is 0.248 e. The predicted octanol–water partition coefficient (Wildman–Crippen LogP) is 3.07. The van der Waals surface area contributed by atoms with Gasteiger partial charge in [0.1, 0.15) is 0 Å². The Labute approximate surface area is 116 Å². The molecule has 0 saturated carbocycles. The van der Waals surface area contributed by atoms with E-state index in [-0.39, 0.29) is 0 Å². The van der Waals surface area contributed by atoms with Gasteiger partial charge in [-0.05, 0) is 36.8 Å². The van der Waals surface area contributed by atoms with Crippen molar-refractivity contribution in [3.8, 4) is 0 Å². The number of carbonyl (C=O) groups excluding carboxylic acids is 1. The van der Waals surface area contributed by atoms with Crippen molar-refractivity contribution in [2.75, 3.05) is 11.1 Å². The van der Waals surface area contributed by atoms with Crippen molar-refractivity contribution in [1.29, 1.82) is 0 Å². The Bertz CT molecular complexity index is 641. The van der Waals surface area contributed by atoms with Crippen molar-refractivity contribution in [3.63, 3.8) is 0 Å². The summed E-state index contributed by atoms with van der Waals surface area (Å²) < 4.78 is 0. The van der Waals surface area contributed by atoms with Crippen molar-refractivity contribution in [1.82, 2.24) is 0 Å². The molecular weight excluding hydrogens is 262 g/mol. The summed E-state index contributed by atoms with van der Waals surface area (Å²) in [5.74, 6) is -0.501. The van der Waals surface area contributed by atoms with E-state index in [0.717, 1.165) is 11.3 Å². The van der Waals surface area contributed by atoms with Gasteiger partial charge >= 0.3 is 0 Å². The summed E-state index contributed by atoms with van der Waals surface area (Å²) in [5, 5.41) is 3.73. The molecule has 0 aliphatic rings. The van der Waals surface area contributed by atoms with Gasteiger partial charge in [0.15, 0.2) is 0 Å². The maximum Gasteiger partial charge on any atom is 0.248 e. The molecule has 98 valence electrons. The molecule has 5 N–H and O–H groups in total. The van der Waals surface area contributed by atoms with Crippen LogP contribution in [0.2, 0.25) is 5.02 Å². The molecule has 0 bridgehead atoms. The Morgan fingerprint density at radius 2 is 1.95 bits per heavy atom. The van der Waals surface area contributed by atoms with Gasteiger partial charge in [-0.3, -0.25) is 4.79 Å². The highest BCUT2D eigenvalue weighted by atomic mass is 35.5. The lowest BCUT2D eigenvalue weighted by atomic mass is 10.1. The summed E-state index contributed by atoms with van der Waals surface area (Å²) in [4.78, 5) is 11.2. The first-order valence-electron chi connectivity index (χ1n) is 5.70. The second-order valence-electron chi connectivity index (χ2n) is 4.23. The van der Waals surface area contributed by atoms with Crippen molar-refractivity contribution < 1.29 is 4.79 Å². The molecule has 5 heteroatoms. The standard InChI is InChI=1S/C14H14ClN3O/c1-8-3-2-4-11(13(8)15)18-12-7-9(14(17)19)5-6-10(12)16/h2-7,18H,16H2,1H3,(H2,17,19). The van der Waals surface area contributed by atoms with Crippen molar-refractivity contribution in [3.05, 3.63) is 52.5 Å². The molecule has 0 atom stereocenters. The molecule has 0 aliphatic heterocycles. The van der Waals surface area contributed by atoms with E-state index in [0.29, 0.717) is 22.0 Å². The van der Waals surface area contributed by atoms with E-state index in [4.69, 9.17) is 23.1 Å². The molecule has 0 heterocycles. The summed E-state index contributed by atoms with van der Waals surface area (Å²) in [6.45, 7) is 1.91. The molecule has 4 nitrogen and oxygen atoms in total. The summed E-state index contributed by atoms with van der Waals surface area (Å²) in [5.41, 5.74) is 14.3. The number of hydrogen-bond acceptors (Lipinski definition) is 3. The Hall–Kier alpha value is -2.20. The molecule has 0 fully saturated rings. The van der Waals surface area contributed by atoms with Crippen molar-refractivity contribution in [2.24, 2.45) is 5.73 Å². The van der Waals surface area contributed by atoms with Crippen LogP contribution in [0.3, 0.4) is 0 Å². The number of aryl methyl sites for hydroxylation is 1. The second-order valence-corrected chi connectivity index (χ2v) is 4.61. The van der Waals surface area contributed by atoms with E-state index in [1.54, 1.807) is 18.2 Å². The average molecular weight is 276 g/mol. The van der Waals surface area contributed by atoms with E-state index < -0.39 is 5.91 Å². The number of benzene rings is 2. The average Bonchev–Trinajstić information content (AvgIpc) is 2.37. The van der Waals surface area contributed by atoms with Crippen LogP contribution in [0, 0.1) is 6.92 Å². The summed E-state index contributed by atoms with van der Waals surface area (Å²) in [6.07, 6.45) is 0. The summed E-state index contributed by atoms with van der Waals surface area (Å²) >= 11 is 6.20. The third-order valence-electron chi connectivity index (χ3n) is 2.80. The molecule has 1 amide bonds. The third kappa shape index (κ3) is 2.80. The minimum absolute atomic E-state index is 0.389. The van der Waals surface area contributed by atoms with Crippen LogP contribution in [0.4, 0.5) is 17.1 Å². The van der Waals surface area contributed by atoms with Crippen molar-refractivity contribution in [2.45, 2.75) is 6.92 Å². The quantitative estimate of drug-likeness (QED) is 0.753. The molecule has 0 aliphatic carbocycles. The lowest BCUT2D eigenvalue weighted by molar-refractivity contribution is 0.100. The predicted molar refractivity (Wildman–Crippen MR) is 78.8 cm³/mol. The Kier molecular flexibility index (Phi) is 3.62. The highest BCUT2D eigenvalue weighted by Gasteiger charge is 2.08. The monoisotopic (exact) mass is 275 g/mol. The van der Waals surface area contributed by atoms with Crippen LogP contribution in [-0.4, -0.2) is 5.91 Å². The normalized spacial score (nSPS) is 10.2. The van der Waals surface area contributed by atoms with Crippen LogP contribution in [0.5, 0.6) is 0 Å². The van der Waals surface area contributed by atoms with Gasteiger partial charge in [0.2, 0.25) is 5.91 Å². The summed E-state index contributed by atoms with van der Waals surface area (Å²) in [6, 6.07) is 10.5. The lowest BCUT2D eigenvalue weighted by Gasteiger charge is -2.12. The van der Waals surface area contributed by atoms with Gasteiger partial charge in [-0.1, -0.05) is 23.7 Å². The molecule has 0 spiro atoms. The van der Waals surface area contributed by atoms with Crippen LogP contribution in [0.1, 0.15) is 15.9 Å². The number of anilines is 3. The fourth-order valence-electron chi connectivity index (χ4n) is 1.71. The number of primary amides is 1. The highest BCUT2D eigenvalue weighted by Crippen LogP contribution is 2.30. The van der Waals surface area contributed by atoms with Gasteiger partial charge in [-0.25, -0.2) is 0 Å². The van der Waals surface area contributed by atoms with E-state index >= 15 is 0 Å². The number of nitrogen functional groups attached to an aromatic ring is 1. The fraction of sp³-hybridized carbons (Fsp3) is 0.0714. The van der Waals surface area contributed by atoms with Gasteiger partial charge < -0.3 is 16.8 Å². The second kappa shape index (κ2) is 5.20. The Morgan fingerprint density at radius 1 is 1.21 bits per heavy atom. The van der Waals surface area contributed by atoms with Gasteiger partial charge in [-0.2, -0.15) is 0 Å². The number of hydrogen-bond donors (Lipinski definition) is 3. The molecule has 2 aromatic rings. The number of nitrogens with two attached hydrogens (primary N) is 2. The molecule has 2 aromatic carbocycles. The number of carbonyl (C=O) groups is 1. The zero-order chi connectivity index (χ0) is 14.0. The first-order chi connectivity index (χ1) is 8.99.